The molecule has 136 valence electrons. The third kappa shape index (κ3) is 4.81. The third-order valence-corrected chi connectivity index (χ3v) is 4.12. The molecule has 25 heavy (non-hydrogen) atoms. The van der Waals surface area contributed by atoms with Crippen LogP contribution in [-0.4, -0.2) is 36.9 Å². The normalized spacial score (nSPS) is 16.2. The number of carbonyl (C=O) groups excluding carboxylic acids is 3. The van der Waals surface area contributed by atoms with Crippen LogP contribution >= 0.6 is 0 Å². The number of anilines is 1. The van der Waals surface area contributed by atoms with E-state index in [1.165, 1.54) is 11.8 Å². The summed E-state index contributed by atoms with van der Waals surface area (Å²) in [7, 11) is 0. The Bertz CT molecular complexity index is 655. The highest BCUT2D eigenvalue weighted by atomic mass is 16.5. The van der Waals surface area contributed by atoms with E-state index >= 15 is 0 Å². The molecule has 1 aliphatic rings. The largest absolute Gasteiger partial charge is 0.479 e. The second-order valence-corrected chi connectivity index (χ2v) is 6.20. The van der Waals surface area contributed by atoms with Crippen molar-refractivity contribution < 1.29 is 23.9 Å². The summed E-state index contributed by atoms with van der Waals surface area (Å²) in [5, 5.41) is 0. The van der Waals surface area contributed by atoms with Gasteiger partial charge in [0.25, 0.3) is 5.91 Å². The summed E-state index contributed by atoms with van der Waals surface area (Å²) in [6.07, 6.45) is 3.37. The number of esters is 1. The maximum absolute atomic E-state index is 12.4. The average Bonchev–Trinajstić information content (AvgIpc) is 2.58. The summed E-state index contributed by atoms with van der Waals surface area (Å²) in [6.45, 7) is 5.36. The fraction of sp³-hybridized carbons (Fsp3) is 0.526. The van der Waals surface area contributed by atoms with Crippen molar-refractivity contribution in [1.29, 1.82) is 0 Å². The SMILES string of the molecule is CCCCCCOC(=O)CN1C(=O)C(C)Oc2ccc(C(C)=O)cc21. The molecule has 0 fully saturated rings. The van der Waals surface area contributed by atoms with Crippen LogP contribution in [0.2, 0.25) is 0 Å². The highest BCUT2D eigenvalue weighted by Gasteiger charge is 2.33. The first-order chi connectivity index (χ1) is 11.9. The van der Waals surface area contributed by atoms with E-state index in [-0.39, 0.29) is 18.2 Å². The van der Waals surface area contributed by atoms with Crippen LogP contribution in [0.5, 0.6) is 5.75 Å². The molecule has 1 aliphatic heterocycles. The second kappa shape index (κ2) is 8.65. The number of hydrogen-bond acceptors (Lipinski definition) is 5. The van der Waals surface area contributed by atoms with Gasteiger partial charge in [0, 0.05) is 5.56 Å². The number of Topliss-reactive ketones (excluding diaryl/α,β-unsaturated/α-hetero) is 1. The van der Waals surface area contributed by atoms with Crippen LogP contribution in [-0.2, 0) is 14.3 Å². The van der Waals surface area contributed by atoms with Crippen LogP contribution in [0.25, 0.3) is 0 Å². The minimum Gasteiger partial charge on any atom is -0.479 e. The zero-order valence-corrected chi connectivity index (χ0v) is 15.0. The Morgan fingerprint density at radius 3 is 2.68 bits per heavy atom. The Morgan fingerprint density at radius 2 is 2.00 bits per heavy atom. The molecule has 0 radical (unpaired) electrons. The van der Waals surface area contributed by atoms with E-state index in [2.05, 4.69) is 6.92 Å². The lowest BCUT2D eigenvalue weighted by molar-refractivity contribution is -0.143. The van der Waals surface area contributed by atoms with Gasteiger partial charge in [-0.3, -0.25) is 19.3 Å². The van der Waals surface area contributed by atoms with Crippen LogP contribution in [0.4, 0.5) is 5.69 Å². The Kier molecular flexibility index (Phi) is 6.56. The summed E-state index contributed by atoms with van der Waals surface area (Å²) in [5.74, 6) is -0.422. The fourth-order valence-electron chi connectivity index (χ4n) is 2.68. The van der Waals surface area contributed by atoms with Crippen molar-refractivity contribution in [2.24, 2.45) is 0 Å². The van der Waals surface area contributed by atoms with E-state index in [1.54, 1.807) is 25.1 Å². The van der Waals surface area contributed by atoms with Crippen molar-refractivity contribution in [1.82, 2.24) is 0 Å². The molecule has 0 aliphatic carbocycles. The topological polar surface area (TPSA) is 72.9 Å². The summed E-state index contributed by atoms with van der Waals surface area (Å²) >= 11 is 0. The van der Waals surface area contributed by atoms with Crippen LogP contribution in [0.15, 0.2) is 18.2 Å². The van der Waals surface area contributed by atoms with E-state index in [4.69, 9.17) is 9.47 Å². The predicted octanol–water partition coefficient (Wildman–Crippen LogP) is 3.13. The highest BCUT2D eigenvalue weighted by Crippen LogP contribution is 2.35. The summed E-state index contributed by atoms with van der Waals surface area (Å²) < 4.78 is 10.8. The van der Waals surface area contributed by atoms with E-state index in [0.717, 1.165) is 25.7 Å². The Morgan fingerprint density at radius 1 is 1.24 bits per heavy atom. The molecule has 0 bridgehead atoms. The van der Waals surface area contributed by atoms with Crippen molar-refractivity contribution in [3.05, 3.63) is 23.8 Å². The number of amides is 1. The van der Waals surface area contributed by atoms with Crippen LogP contribution < -0.4 is 9.64 Å². The van der Waals surface area contributed by atoms with E-state index < -0.39 is 12.1 Å². The van der Waals surface area contributed by atoms with Crippen molar-refractivity contribution in [2.75, 3.05) is 18.1 Å². The number of hydrogen-bond donors (Lipinski definition) is 0. The van der Waals surface area contributed by atoms with Gasteiger partial charge in [-0.15, -0.1) is 0 Å². The molecule has 1 aromatic carbocycles. The van der Waals surface area contributed by atoms with Crippen molar-refractivity contribution in [3.63, 3.8) is 0 Å². The number of carbonyl (C=O) groups is 3. The molecule has 1 amide bonds. The smallest absolute Gasteiger partial charge is 0.326 e. The molecule has 0 N–H and O–H groups in total. The van der Waals surface area contributed by atoms with Gasteiger partial charge in [-0.25, -0.2) is 0 Å². The zero-order valence-electron chi connectivity index (χ0n) is 15.0. The molecular formula is C19H25NO5. The number of nitrogens with zero attached hydrogens (tertiary/aromatic N) is 1. The maximum atomic E-state index is 12.4. The lowest BCUT2D eigenvalue weighted by Crippen LogP contribution is -2.47. The monoisotopic (exact) mass is 347 g/mol. The zero-order chi connectivity index (χ0) is 18.4. The number of ether oxygens (including phenoxy) is 2. The summed E-state index contributed by atoms with van der Waals surface area (Å²) in [6, 6.07) is 4.88. The average molecular weight is 347 g/mol. The lowest BCUT2D eigenvalue weighted by atomic mass is 10.1. The highest BCUT2D eigenvalue weighted by molar-refractivity contribution is 6.04. The van der Waals surface area contributed by atoms with Crippen LogP contribution in [0, 0.1) is 0 Å². The molecule has 6 nitrogen and oxygen atoms in total. The number of benzene rings is 1. The molecule has 0 saturated heterocycles. The van der Waals surface area contributed by atoms with Crippen molar-refractivity contribution >= 4 is 23.3 Å². The minimum atomic E-state index is -0.687. The number of unbranched alkanes of at least 4 members (excludes halogenated alkanes) is 3. The summed E-state index contributed by atoms with van der Waals surface area (Å²) in [5.41, 5.74) is 0.890. The molecule has 1 aromatic rings. The van der Waals surface area contributed by atoms with E-state index in [9.17, 15) is 14.4 Å². The van der Waals surface area contributed by atoms with Crippen LogP contribution in [0.3, 0.4) is 0 Å². The number of rotatable bonds is 8. The molecule has 0 spiro atoms. The van der Waals surface area contributed by atoms with Gasteiger partial charge in [0.05, 0.1) is 12.3 Å². The molecule has 2 rings (SSSR count). The van der Waals surface area contributed by atoms with Gasteiger partial charge in [-0.1, -0.05) is 26.2 Å². The molecule has 0 saturated carbocycles. The Hall–Kier alpha value is -2.37. The minimum absolute atomic E-state index is 0.118. The first kappa shape index (κ1) is 19.0. The van der Waals surface area contributed by atoms with Gasteiger partial charge >= 0.3 is 5.97 Å². The molecule has 1 heterocycles. The molecule has 0 aromatic heterocycles. The van der Waals surface area contributed by atoms with Gasteiger partial charge in [-0.2, -0.15) is 0 Å². The predicted molar refractivity (Wildman–Crippen MR) is 94.0 cm³/mol. The maximum Gasteiger partial charge on any atom is 0.326 e. The standard InChI is InChI=1S/C19H25NO5/c1-4-5-6-7-10-24-18(22)12-20-16-11-15(13(2)21)8-9-17(16)25-14(3)19(20)23/h8-9,11,14H,4-7,10,12H2,1-3H3. The Balaban J connectivity index is 2.08. The first-order valence-electron chi connectivity index (χ1n) is 8.72. The van der Waals surface area contributed by atoms with E-state index in [0.29, 0.717) is 23.6 Å². The molecule has 6 heteroatoms. The second-order valence-electron chi connectivity index (χ2n) is 6.20. The lowest BCUT2D eigenvalue weighted by Gasteiger charge is -2.32. The molecule has 1 atom stereocenters. The summed E-state index contributed by atoms with van der Waals surface area (Å²) in [4.78, 5) is 37.5. The fourth-order valence-corrected chi connectivity index (χ4v) is 2.68. The quantitative estimate of drug-likeness (QED) is 0.410. The third-order valence-electron chi connectivity index (χ3n) is 4.12. The number of fused-ring (bicyclic) bond motifs is 1. The van der Waals surface area contributed by atoms with Gasteiger partial charge in [0.15, 0.2) is 11.9 Å². The van der Waals surface area contributed by atoms with Crippen molar-refractivity contribution in [2.45, 2.75) is 52.6 Å². The van der Waals surface area contributed by atoms with Crippen molar-refractivity contribution in [3.8, 4) is 5.75 Å². The van der Waals surface area contributed by atoms with Gasteiger partial charge in [0.2, 0.25) is 0 Å². The molecular weight excluding hydrogens is 322 g/mol. The van der Waals surface area contributed by atoms with E-state index in [1.807, 2.05) is 0 Å². The Labute approximate surface area is 148 Å². The van der Waals surface area contributed by atoms with Crippen LogP contribution in [0.1, 0.15) is 56.8 Å². The van der Waals surface area contributed by atoms with Gasteiger partial charge in [0.1, 0.15) is 12.3 Å². The number of ketones is 1. The molecule has 1 unspecified atom stereocenters. The van der Waals surface area contributed by atoms with Gasteiger partial charge < -0.3 is 9.47 Å². The van der Waals surface area contributed by atoms with Gasteiger partial charge in [-0.05, 0) is 38.5 Å². The first-order valence-corrected chi connectivity index (χ1v) is 8.72.